The van der Waals surface area contributed by atoms with Gasteiger partial charge in [0.2, 0.25) is 5.91 Å². The number of hydrogen-bond acceptors (Lipinski definition) is 5. The molecule has 1 aromatic carbocycles. The molecule has 1 aliphatic carbocycles. The fourth-order valence-electron chi connectivity index (χ4n) is 5.74. The van der Waals surface area contributed by atoms with E-state index in [0.717, 1.165) is 31.4 Å². The van der Waals surface area contributed by atoms with Crippen LogP contribution in [0.5, 0.6) is 0 Å². The Hall–Kier alpha value is -2.42. The Bertz CT molecular complexity index is 1060. The van der Waals surface area contributed by atoms with E-state index in [0.29, 0.717) is 42.4 Å². The lowest BCUT2D eigenvalue weighted by atomic mass is 9.74. The second-order valence-corrected chi connectivity index (χ2v) is 10.7. The minimum Gasteiger partial charge on any atom is -0.358 e. The number of rotatable bonds is 6. The summed E-state index contributed by atoms with van der Waals surface area (Å²) in [6.45, 7) is 9.54. The van der Waals surface area contributed by atoms with Gasteiger partial charge < -0.3 is 15.1 Å². The Labute approximate surface area is 205 Å². The second kappa shape index (κ2) is 9.91. The molecule has 9 heteroatoms. The van der Waals surface area contributed by atoms with Crippen LogP contribution in [0.25, 0.3) is 10.9 Å². The molecule has 4 rings (SSSR count). The van der Waals surface area contributed by atoms with Gasteiger partial charge in [-0.25, -0.2) is 9.97 Å². The molecule has 0 radical (unpaired) electrons. The molecule has 1 saturated carbocycles. The molecule has 6 nitrogen and oxygen atoms in total. The van der Waals surface area contributed by atoms with Crippen LogP contribution in [0, 0.1) is 11.8 Å². The highest BCUT2D eigenvalue weighted by Crippen LogP contribution is 2.38. The Morgan fingerprint density at radius 1 is 1.11 bits per heavy atom. The lowest BCUT2D eigenvalue weighted by Gasteiger charge is -2.46. The average molecular weight is 492 g/mol. The summed E-state index contributed by atoms with van der Waals surface area (Å²) in [5, 5.41) is 3.42. The average Bonchev–Trinajstić information content (AvgIpc) is 3.17. The molecule has 2 heterocycles. The summed E-state index contributed by atoms with van der Waals surface area (Å²) < 4.78 is 39.8. The molecule has 1 aliphatic heterocycles. The summed E-state index contributed by atoms with van der Waals surface area (Å²) in [5.41, 5.74) is -0.351. The molecule has 0 spiro atoms. The molecule has 192 valence electrons. The van der Waals surface area contributed by atoms with Gasteiger partial charge in [-0.05, 0) is 76.6 Å². The van der Waals surface area contributed by atoms with E-state index in [4.69, 9.17) is 0 Å². The van der Waals surface area contributed by atoms with E-state index in [-0.39, 0.29) is 23.2 Å². The zero-order valence-electron chi connectivity index (χ0n) is 21.1. The van der Waals surface area contributed by atoms with Crippen molar-refractivity contribution in [3.8, 4) is 0 Å². The maximum atomic E-state index is 13.5. The Morgan fingerprint density at radius 2 is 1.86 bits per heavy atom. The van der Waals surface area contributed by atoms with E-state index in [2.05, 4.69) is 54.9 Å². The minimum atomic E-state index is -4.46. The van der Waals surface area contributed by atoms with Gasteiger partial charge in [-0.2, -0.15) is 13.2 Å². The monoisotopic (exact) mass is 491 g/mol. The van der Waals surface area contributed by atoms with Crippen LogP contribution < -0.4 is 5.32 Å². The van der Waals surface area contributed by atoms with Gasteiger partial charge in [0.25, 0.3) is 0 Å². The highest BCUT2D eigenvalue weighted by molar-refractivity contribution is 5.93. The fourth-order valence-corrected chi connectivity index (χ4v) is 5.74. The summed E-state index contributed by atoms with van der Waals surface area (Å²) in [6.07, 6.45) is 0.539. The van der Waals surface area contributed by atoms with Gasteiger partial charge in [0.15, 0.2) is 0 Å². The number of hydrogen-bond donors (Lipinski definition) is 1. The molecule has 4 atom stereocenters. The van der Waals surface area contributed by atoms with Crippen LogP contribution >= 0.6 is 0 Å². The summed E-state index contributed by atoms with van der Waals surface area (Å²) in [6, 6.07) is 4.08. The number of anilines is 1. The Balaban J connectivity index is 1.52. The minimum absolute atomic E-state index is 0.00931. The van der Waals surface area contributed by atoms with E-state index in [1.165, 1.54) is 12.4 Å². The molecule has 1 saturated heterocycles. The molecule has 2 aromatic rings. The van der Waals surface area contributed by atoms with Crippen LogP contribution in [0.15, 0.2) is 24.5 Å². The first kappa shape index (κ1) is 25.7. The smallest absolute Gasteiger partial charge is 0.358 e. The molecule has 35 heavy (non-hydrogen) atoms. The molecule has 2 aliphatic rings. The van der Waals surface area contributed by atoms with Crippen LogP contribution in [-0.2, 0) is 11.0 Å². The number of nitrogens with zero attached hydrogens (tertiary/aromatic N) is 4. The number of benzene rings is 1. The molecule has 1 unspecified atom stereocenters. The first-order valence-corrected chi connectivity index (χ1v) is 12.6. The number of fused-ring (bicyclic) bond motifs is 1. The molecule has 2 fully saturated rings. The van der Waals surface area contributed by atoms with E-state index in [9.17, 15) is 18.0 Å². The standard InChI is InChI=1S/C26H36F3N5O/c1-15(2)19-13-18(33(5)16(3)4)7-9-23(19)34-11-10-22(25(34)35)32-24-20-12-17(26(27,28)29)6-8-21(20)30-14-31-24/h6,8,12,14-16,18-19,22-23H,7,9-11,13H2,1-5H3,(H,30,31,32)/t18?,19-,22-,23-/m0/s1. The molecule has 1 aromatic heterocycles. The topological polar surface area (TPSA) is 61.4 Å². The SMILES string of the molecule is CC(C)[C@@H]1CC(N(C)C(C)C)CC[C@@H]1N1CC[C@H](Nc2ncnc3ccc(C(F)(F)F)cc23)C1=O. The Kier molecular flexibility index (Phi) is 7.27. The fraction of sp³-hybridized carbons (Fsp3) is 0.654. The normalized spacial score (nSPS) is 25.9. The van der Waals surface area contributed by atoms with Crippen molar-refractivity contribution in [1.29, 1.82) is 0 Å². The van der Waals surface area contributed by atoms with Crippen molar-refractivity contribution >= 4 is 22.6 Å². The van der Waals surface area contributed by atoms with Gasteiger partial charge in [-0.1, -0.05) is 13.8 Å². The largest absolute Gasteiger partial charge is 0.416 e. The van der Waals surface area contributed by atoms with Gasteiger partial charge in [-0.3, -0.25) is 4.79 Å². The van der Waals surface area contributed by atoms with E-state index in [1.807, 2.05) is 4.90 Å². The molecular formula is C26H36F3N5O. The highest BCUT2D eigenvalue weighted by atomic mass is 19.4. The predicted octanol–water partition coefficient (Wildman–Crippen LogP) is 5.19. The number of alkyl halides is 3. The van der Waals surface area contributed by atoms with E-state index >= 15 is 0 Å². The summed E-state index contributed by atoms with van der Waals surface area (Å²) >= 11 is 0. The van der Waals surface area contributed by atoms with Gasteiger partial charge in [0, 0.05) is 30.1 Å². The van der Waals surface area contributed by atoms with E-state index < -0.39 is 17.8 Å². The molecular weight excluding hydrogens is 455 g/mol. The number of nitrogens with one attached hydrogen (secondary N) is 1. The molecule has 1 amide bonds. The number of halogens is 3. The third-order valence-electron chi connectivity index (χ3n) is 7.99. The number of carbonyl (C=O) groups excluding carboxylic acids is 1. The third kappa shape index (κ3) is 5.25. The first-order chi connectivity index (χ1) is 16.5. The predicted molar refractivity (Wildman–Crippen MR) is 131 cm³/mol. The number of aromatic nitrogens is 2. The molecule has 0 bridgehead atoms. The van der Waals surface area contributed by atoms with Crippen molar-refractivity contribution in [3.63, 3.8) is 0 Å². The maximum absolute atomic E-state index is 13.5. The number of likely N-dealkylation sites (tertiary alicyclic amines) is 1. The third-order valence-corrected chi connectivity index (χ3v) is 7.99. The van der Waals surface area contributed by atoms with Crippen LogP contribution in [0.4, 0.5) is 19.0 Å². The van der Waals surface area contributed by atoms with Crippen molar-refractivity contribution in [1.82, 2.24) is 19.8 Å². The summed E-state index contributed by atoms with van der Waals surface area (Å²) in [4.78, 5) is 26.2. The first-order valence-electron chi connectivity index (χ1n) is 12.6. The van der Waals surface area contributed by atoms with Crippen LogP contribution in [0.3, 0.4) is 0 Å². The van der Waals surface area contributed by atoms with Crippen molar-refractivity contribution in [3.05, 3.63) is 30.1 Å². The number of amides is 1. The quantitative estimate of drug-likeness (QED) is 0.602. The highest BCUT2D eigenvalue weighted by Gasteiger charge is 2.43. The van der Waals surface area contributed by atoms with Crippen LogP contribution in [0.2, 0.25) is 0 Å². The lowest BCUT2D eigenvalue weighted by molar-refractivity contribution is -0.137. The zero-order valence-corrected chi connectivity index (χ0v) is 21.1. The van der Waals surface area contributed by atoms with Gasteiger partial charge in [0.1, 0.15) is 18.2 Å². The van der Waals surface area contributed by atoms with E-state index in [1.54, 1.807) is 0 Å². The van der Waals surface area contributed by atoms with Crippen molar-refractivity contribution < 1.29 is 18.0 Å². The molecule has 1 N–H and O–H groups in total. The zero-order chi connectivity index (χ0) is 25.5. The lowest BCUT2D eigenvalue weighted by Crippen LogP contribution is -2.52. The second-order valence-electron chi connectivity index (χ2n) is 10.7. The maximum Gasteiger partial charge on any atom is 0.416 e. The summed E-state index contributed by atoms with van der Waals surface area (Å²) in [5.74, 6) is 1.14. The van der Waals surface area contributed by atoms with Gasteiger partial charge in [-0.15, -0.1) is 0 Å². The van der Waals surface area contributed by atoms with Crippen molar-refractivity contribution in [2.24, 2.45) is 11.8 Å². The summed E-state index contributed by atoms with van der Waals surface area (Å²) in [7, 11) is 2.18. The van der Waals surface area contributed by atoms with Crippen molar-refractivity contribution in [2.75, 3.05) is 18.9 Å². The number of carbonyl (C=O) groups is 1. The van der Waals surface area contributed by atoms with Gasteiger partial charge >= 0.3 is 6.18 Å². The van der Waals surface area contributed by atoms with Crippen molar-refractivity contribution in [2.45, 2.75) is 83.7 Å². The van der Waals surface area contributed by atoms with Crippen LogP contribution in [0.1, 0.15) is 58.9 Å². The van der Waals surface area contributed by atoms with Gasteiger partial charge in [0.05, 0.1) is 11.1 Å². The Morgan fingerprint density at radius 3 is 2.51 bits per heavy atom. The van der Waals surface area contributed by atoms with Crippen LogP contribution in [-0.4, -0.2) is 63.4 Å².